The van der Waals surface area contributed by atoms with E-state index in [1.54, 1.807) is 0 Å². The summed E-state index contributed by atoms with van der Waals surface area (Å²) in [5.74, 6) is 2.51. The van der Waals surface area contributed by atoms with Crippen molar-refractivity contribution in [1.29, 1.82) is 0 Å². The molecule has 0 spiro atoms. The van der Waals surface area contributed by atoms with Crippen LogP contribution < -0.4 is 10.6 Å². The third-order valence-corrected chi connectivity index (χ3v) is 4.17. The molecule has 1 aromatic rings. The standard InChI is InChI=1S/C15H27N5/c1-5-12-10-19(4)8-7-9-20(12)15-11(3)14(16)17-13(6-2)18-15/h12H,5-10H2,1-4H3,(H2,16,17,18). The van der Waals surface area contributed by atoms with Gasteiger partial charge in [0.05, 0.1) is 0 Å². The zero-order valence-electron chi connectivity index (χ0n) is 13.2. The lowest BCUT2D eigenvalue weighted by Gasteiger charge is -2.32. The number of nitrogens with zero attached hydrogens (tertiary/aromatic N) is 4. The number of aromatic nitrogens is 2. The van der Waals surface area contributed by atoms with Crippen molar-refractivity contribution in [1.82, 2.24) is 14.9 Å². The molecule has 1 aromatic heterocycles. The van der Waals surface area contributed by atoms with E-state index in [9.17, 15) is 0 Å². The van der Waals surface area contributed by atoms with E-state index in [-0.39, 0.29) is 0 Å². The van der Waals surface area contributed by atoms with E-state index in [1.807, 2.05) is 6.92 Å². The van der Waals surface area contributed by atoms with E-state index in [0.717, 1.165) is 56.1 Å². The van der Waals surface area contributed by atoms with Gasteiger partial charge in [0.25, 0.3) is 0 Å². The van der Waals surface area contributed by atoms with E-state index < -0.39 is 0 Å². The molecule has 5 nitrogen and oxygen atoms in total. The summed E-state index contributed by atoms with van der Waals surface area (Å²) in [6.45, 7) is 9.63. The van der Waals surface area contributed by atoms with Gasteiger partial charge in [-0.2, -0.15) is 0 Å². The number of anilines is 2. The van der Waals surface area contributed by atoms with Crippen molar-refractivity contribution in [2.45, 2.75) is 46.1 Å². The first-order valence-electron chi connectivity index (χ1n) is 7.65. The minimum absolute atomic E-state index is 0.500. The molecule has 2 heterocycles. The van der Waals surface area contributed by atoms with Gasteiger partial charge in [-0.15, -0.1) is 0 Å². The summed E-state index contributed by atoms with van der Waals surface area (Å²) >= 11 is 0. The number of likely N-dealkylation sites (N-methyl/N-ethyl adjacent to an activating group) is 1. The lowest BCUT2D eigenvalue weighted by atomic mass is 10.1. The van der Waals surface area contributed by atoms with Crippen molar-refractivity contribution in [3.63, 3.8) is 0 Å². The maximum absolute atomic E-state index is 6.07. The second kappa shape index (κ2) is 6.39. The average molecular weight is 277 g/mol. The van der Waals surface area contributed by atoms with Crippen LogP contribution in [-0.2, 0) is 6.42 Å². The number of hydrogen-bond acceptors (Lipinski definition) is 5. The van der Waals surface area contributed by atoms with Crippen LogP contribution in [0.15, 0.2) is 0 Å². The van der Waals surface area contributed by atoms with E-state index >= 15 is 0 Å². The van der Waals surface area contributed by atoms with Gasteiger partial charge in [0.15, 0.2) is 0 Å². The molecule has 1 aliphatic rings. The van der Waals surface area contributed by atoms with Crippen molar-refractivity contribution < 1.29 is 0 Å². The van der Waals surface area contributed by atoms with Crippen LogP contribution in [-0.4, -0.2) is 47.6 Å². The van der Waals surface area contributed by atoms with E-state index in [2.05, 4.69) is 35.7 Å². The van der Waals surface area contributed by atoms with Gasteiger partial charge < -0.3 is 15.5 Å². The van der Waals surface area contributed by atoms with Crippen molar-refractivity contribution in [3.8, 4) is 0 Å². The molecule has 112 valence electrons. The Bertz CT molecular complexity index is 460. The maximum atomic E-state index is 6.07. The molecular weight excluding hydrogens is 250 g/mol. The third-order valence-electron chi connectivity index (χ3n) is 4.17. The van der Waals surface area contributed by atoms with E-state index in [4.69, 9.17) is 10.7 Å². The second-order valence-corrected chi connectivity index (χ2v) is 5.70. The molecule has 1 unspecified atom stereocenters. The summed E-state index contributed by atoms with van der Waals surface area (Å²) in [6.07, 6.45) is 3.11. The Hall–Kier alpha value is -1.36. The van der Waals surface area contributed by atoms with Gasteiger partial charge >= 0.3 is 0 Å². The minimum atomic E-state index is 0.500. The van der Waals surface area contributed by atoms with Crippen LogP contribution in [0, 0.1) is 6.92 Å². The first kappa shape index (κ1) is 15.0. The molecule has 0 bridgehead atoms. The van der Waals surface area contributed by atoms with Gasteiger partial charge in [-0.1, -0.05) is 13.8 Å². The minimum Gasteiger partial charge on any atom is -0.383 e. The smallest absolute Gasteiger partial charge is 0.137 e. The zero-order chi connectivity index (χ0) is 14.7. The van der Waals surface area contributed by atoms with Gasteiger partial charge in [-0.3, -0.25) is 0 Å². The van der Waals surface area contributed by atoms with Gasteiger partial charge in [0.1, 0.15) is 17.5 Å². The molecule has 2 N–H and O–H groups in total. The summed E-state index contributed by atoms with van der Waals surface area (Å²) in [5, 5.41) is 0. The molecule has 1 aliphatic heterocycles. The molecule has 0 aliphatic carbocycles. The van der Waals surface area contributed by atoms with Crippen LogP contribution in [0.25, 0.3) is 0 Å². The lowest BCUT2D eigenvalue weighted by molar-refractivity contribution is 0.327. The summed E-state index contributed by atoms with van der Waals surface area (Å²) in [7, 11) is 2.20. The topological polar surface area (TPSA) is 58.3 Å². The summed E-state index contributed by atoms with van der Waals surface area (Å²) in [5.41, 5.74) is 7.09. The third kappa shape index (κ3) is 3.03. The fourth-order valence-electron chi connectivity index (χ4n) is 2.88. The van der Waals surface area contributed by atoms with Gasteiger partial charge in [-0.05, 0) is 33.4 Å². The normalized spacial score (nSPS) is 21.0. The molecule has 2 rings (SSSR count). The summed E-state index contributed by atoms with van der Waals surface area (Å²) in [4.78, 5) is 14.0. The Morgan fingerprint density at radius 3 is 2.65 bits per heavy atom. The van der Waals surface area contributed by atoms with Crippen LogP contribution in [0.5, 0.6) is 0 Å². The van der Waals surface area contributed by atoms with E-state index in [1.165, 1.54) is 0 Å². The molecular formula is C15H27N5. The quantitative estimate of drug-likeness (QED) is 0.913. The lowest BCUT2D eigenvalue weighted by Crippen LogP contribution is -2.41. The van der Waals surface area contributed by atoms with Gasteiger partial charge in [0, 0.05) is 31.1 Å². The predicted molar refractivity (Wildman–Crippen MR) is 84.1 cm³/mol. The molecule has 1 fully saturated rings. The van der Waals surface area contributed by atoms with Crippen LogP contribution in [0.4, 0.5) is 11.6 Å². The first-order valence-corrected chi connectivity index (χ1v) is 7.65. The highest BCUT2D eigenvalue weighted by atomic mass is 15.3. The van der Waals surface area contributed by atoms with Crippen LogP contribution in [0.1, 0.15) is 38.1 Å². The molecule has 5 heteroatoms. The van der Waals surface area contributed by atoms with Gasteiger partial charge in [0.2, 0.25) is 0 Å². The summed E-state index contributed by atoms with van der Waals surface area (Å²) < 4.78 is 0. The molecule has 1 saturated heterocycles. The Morgan fingerprint density at radius 2 is 2.00 bits per heavy atom. The highest BCUT2D eigenvalue weighted by Crippen LogP contribution is 2.26. The fraction of sp³-hybridized carbons (Fsp3) is 0.733. The first-order chi connectivity index (χ1) is 9.56. The zero-order valence-corrected chi connectivity index (χ0v) is 13.2. The Balaban J connectivity index is 2.39. The largest absolute Gasteiger partial charge is 0.383 e. The number of nitrogen functional groups attached to an aromatic ring is 1. The van der Waals surface area contributed by atoms with Crippen molar-refractivity contribution in [2.24, 2.45) is 0 Å². The molecule has 0 radical (unpaired) electrons. The SMILES string of the molecule is CCc1nc(N)c(C)c(N2CCCN(C)CC2CC)n1. The van der Waals surface area contributed by atoms with Crippen molar-refractivity contribution >= 4 is 11.6 Å². The molecule has 0 saturated carbocycles. The Kier molecular flexibility index (Phi) is 4.81. The summed E-state index contributed by atoms with van der Waals surface area (Å²) in [6, 6.07) is 0.500. The average Bonchev–Trinajstić information content (AvgIpc) is 2.63. The van der Waals surface area contributed by atoms with Crippen LogP contribution in [0.3, 0.4) is 0 Å². The monoisotopic (exact) mass is 277 g/mol. The van der Waals surface area contributed by atoms with Gasteiger partial charge in [-0.25, -0.2) is 9.97 Å². The van der Waals surface area contributed by atoms with E-state index in [0.29, 0.717) is 11.9 Å². The Labute approximate surface area is 122 Å². The predicted octanol–water partition coefficient (Wildman–Crippen LogP) is 1.85. The van der Waals surface area contributed by atoms with Crippen LogP contribution >= 0.6 is 0 Å². The molecule has 0 aromatic carbocycles. The Morgan fingerprint density at radius 1 is 1.25 bits per heavy atom. The van der Waals surface area contributed by atoms with Crippen LogP contribution in [0.2, 0.25) is 0 Å². The maximum Gasteiger partial charge on any atom is 0.137 e. The fourth-order valence-corrected chi connectivity index (χ4v) is 2.88. The van der Waals surface area contributed by atoms with Crippen molar-refractivity contribution in [3.05, 3.63) is 11.4 Å². The number of rotatable bonds is 3. The molecule has 0 amide bonds. The highest BCUT2D eigenvalue weighted by molar-refractivity contribution is 5.57. The number of aryl methyl sites for hydroxylation is 1. The number of hydrogen-bond donors (Lipinski definition) is 1. The highest BCUT2D eigenvalue weighted by Gasteiger charge is 2.25. The number of nitrogens with two attached hydrogens (primary N) is 1. The van der Waals surface area contributed by atoms with Crippen molar-refractivity contribution in [2.75, 3.05) is 37.3 Å². The molecule has 20 heavy (non-hydrogen) atoms. The second-order valence-electron chi connectivity index (χ2n) is 5.70. The molecule has 1 atom stereocenters.